The minimum atomic E-state index is 0.474. The number of aromatic nitrogens is 1. The smallest absolute Gasteiger partial charge is 0.0562 e. The number of anilines is 1. The van der Waals surface area contributed by atoms with E-state index in [1.807, 2.05) is 6.20 Å². The van der Waals surface area contributed by atoms with Gasteiger partial charge in [0.05, 0.1) is 12.2 Å². The quantitative estimate of drug-likeness (QED) is 0.849. The SMILES string of the molecule is CC(C)NCc1cc(N(C)Cc2cc(Br)cs2)ccn1. The summed E-state index contributed by atoms with van der Waals surface area (Å²) in [6.45, 7) is 6.01. The molecule has 0 aromatic carbocycles. The molecule has 0 atom stereocenters. The normalized spacial score (nSPS) is 11.1. The molecule has 2 heterocycles. The van der Waals surface area contributed by atoms with Gasteiger partial charge in [0.15, 0.2) is 0 Å². The Morgan fingerprint density at radius 3 is 2.85 bits per heavy atom. The van der Waals surface area contributed by atoms with E-state index in [2.05, 4.69) is 75.6 Å². The molecule has 0 radical (unpaired) electrons. The molecule has 0 saturated carbocycles. The van der Waals surface area contributed by atoms with Crippen molar-refractivity contribution in [2.75, 3.05) is 11.9 Å². The molecular formula is C15H20BrN3S. The summed E-state index contributed by atoms with van der Waals surface area (Å²) in [6, 6.07) is 6.85. The van der Waals surface area contributed by atoms with E-state index >= 15 is 0 Å². The molecule has 0 aliphatic heterocycles. The largest absolute Gasteiger partial charge is 0.369 e. The summed E-state index contributed by atoms with van der Waals surface area (Å²) < 4.78 is 1.16. The minimum Gasteiger partial charge on any atom is -0.369 e. The molecule has 5 heteroatoms. The lowest BCUT2D eigenvalue weighted by atomic mass is 10.2. The minimum absolute atomic E-state index is 0.474. The van der Waals surface area contributed by atoms with Gasteiger partial charge < -0.3 is 10.2 Å². The molecule has 108 valence electrons. The first-order valence-electron chi connectivity index (χ1n) is 6.67. The van der Waals surface area contributed by atoms with Crippen molar-refractivity contribution in [2.24, 2.45) is 0 Å². The second kappa shape index (κ2) is 7.20. The maximum atomic E-state index is 4.41. The van der Waals surface area contributed by atoms with Crippen LogP contribution in [0.25, 0.3) is 0 Å². The first-order chi connectivity index (χ1) is 9.54. The standard InChI is InChI=1S/C15H20BrN3S/c1-11(2)18-8-13-7-14(4-5-17-13)19(3)9-15-6-12(16)10-20-15/h4-7,10-11,18H,8-9H2,1-3H3. The fraction of sp³-hybridized carbons (Fsp3) is 0.400. The second-order valence-electron chi connectivity index (χ2n) is 5.13. The lowest BCUT2D eigenvalue weighted by molar-refractivity contribution is 0.581. The molecule has 20 heavy (non-hydrogen) atoms. The van der Waals surface area contributed by atoms with E-state index in [0.29, 0.717) is 6.04 Å². The van der Waals surface area contributed by atoms with E-state index in [4.69, 9.17) is 0 Å². The van der Waals surface area contributed by atoms with Gasteiger partial charge in [0.2, 0.25) is 0 Å². The van der Waals surface area contributed by atoms with Crippen LogP contribution in [-0.4, -0.2) is 18.1 Å². The van der Waals surface area contributed by atoms with Crippen molar-refractivity contribution in [3.8, 4) is 0 Å². The zero-order valence-corrected chi connectivity index (χ0v) is 14.5. The Bertz CT molecular complexity index is 554. The van der Waals surface area contributed by atoms with Crippen LogP contribution in [-0.2, 0) is 13.1 Å². The molecule has 3 nitrogen and oxygen atoms in total. The summed E-state index contributed by atoms with van der Waals surface area (Å²) in [5.74, 6) is 0. The van der Waals surface area contributed by atoms with E-state index in [0.717, 1.165) is 23.3 Å². The van der Waals surface area contributed by atoms with Gasteiger partial charge in [-0.15, -0.1) is 11.3 Å². The summed E-state index contributed by atoms with van der Waals surface area (Å²) in [6.07, 6.45) is 1.88. The van der Waals surface area contributed by atoms with Crippen molar-refractivity contribution in [1.29, 1.82) is 0 Å². The van der Waals surface area contributed by atoms with Crippen LogP contribution in [0.2, 0.25) is 0 Å². The summed E-state index contributed by atoms with van der Waals surface area (Å²) in [5.41, 5.74) is 2.28. The Hall–Kier alpha value is -0.910. The van der Waals surface area contributed by atoms with Gasteiger partial charge in [-0.25, -0.2) is 0 Å². The van der Waals surface area contributed by atoms with Gasteiger partial charge in [0.25, 0.3) is 0 Å². The highest BCUT2D eigenvalue weighted by Gasteiger charge is 2.06. The maximum Gasteiger partial charge on any atom is 0.0562 e. The maximum absolute atomic E-state index is 4.41. The van der Waals surface area contributed by atoms with Gasteiger partial charge >= 0.3 is 0 Å². The van der Waals surface area contributed by atoms with Crippen LogP contribution in [0.15, 0.2) is 34.2 Å². The molecule has 2 rings (SSSR count). The third-order valence-corrected chi connectivity index (χ3v) is 4.63. The lowest BCUT2D eigenvalue weighted by Gasteiger charge is -2.19. The molecule has 2 aromatic rings. The number of hydrogen-bond acceptors (Lipinski definition) is 4. The van der Waals surface area contributed by atoms with E-state index in [9.17, 15) is 0 Å². The zero-order chi connectivity index (χ0) is 14.5. The molecule has 0 bridgehead atoms. The molecule has 0 saturated heterocycles. The number of rotatable bonds is 6. The van der Waals surface area contributed by atoms with Crippen molar-refractivity contribution in [2.45, 2.75) is 33.0 Å². The average molecular weight is 354 g/mol. The summed E-state index contributed by atoms with van der Waals surface area (Å²) in [4.78, 5) is 8.01. The monoisotopic (exact) mass is 353 g/mol. The Morgan fingerprint density at radius 1 is 1.40 bits per heavy atom. The molecular weight excluding hydrogens is 334 g/mol. The Morgan fingerprint density at radius 2 is 2.20 bits per heavy atom. The van der Waals surface area contributed by atoms with Crippen molar-refractivity contribution < 1.29 is 0 Å². The Balaban J connectivity index is 2.02. The fourth-order valence-electron chi connectivity index (χ4n) is 1.87. The number of thiophene rings is 1. The van der Waals surface area contributed by atoms with Crippen molar-refractivity contribution >= 4 is 33.0 Å². The predicted molar refractivity (Wildman–Crippen MR) is 90.3 cm³/mol. The van der Waals surface area contributed by atoms with Crippen LogP contribution in [0.3, 0.4) is 0 Å². The van der Waals surface area contributed by atoms with Gasteiger partial charge in [-0.1, -0.05) is 13.8 Å². The number of halogens is 1. The van der Waals surface area contributed by atoms with Gasteiger partial charge in [0, 0.05) is 46.2 Å². The zero-order valence-electron chi connectivity index (χ0n) is 12.1. The average Bonchev–Trinajstić information content (AvgIpc) is 2.82. The van der Waals surface area contributed by atoms with E-state index in [-0.39, 0.29) is 0 Å². The van der Waals surface area contributed by atoms with Crippen LogP contribution in [0.5, 0.6) is 0 Å². The summed E-state index contributed by atoms with van der Waals surface area (Å²) in [7, 11) is 2.11. The molecule has 0 amide bonds. The summed E-state index contributed by atoms with van der Waals surface area (Å²) in [5, 5.41) is 5.51. The van der Waals surface area contributed by atoms with Crippen molar-refractivity contribution in [3.05, 3.63) is 44.8 Å². The van der Waals surface area contributed by atoms with E-state index in [1.54, 1.807) is 11.3 Å². The Kier molecular flexibility index (Phi) is 5.57. The lowest BCUT2D eigenvalue weighted by Crippen LogP contribution is -2.23. The highest BCUT2D eigenvalue weighted by molar-refractivity contribution is 9.10. The van der Waals surface area contributed by atoms with Crippen molar-refractivity contribution in [1.82, 2.24) is 10.3 Å². The molecule has 0 unspecified atom stereocenters. The number of hydrogen-bond donors (Lipinski definition) is 1. The van der Waals surface area contributed by atoms with Gasteiger partial charge in [-0.2, -0.15) is 0 Å². The highest BCUT2D eigenvalue weighted by atomic mass is 79.9. The first kappa shape index (κ1) is 15.5. The molecule has 1 N–H and O–H groups in total. The van der Waals surface area contributed by atoms with Crippen molar-refractivity contribution in [3.63, 3.8) is 0 Å². The molecule has 0 aliphatic rings. The molecule has 0 aliphatic carbocycles. The van der Waals surface area contributed by atoms with Crippen LogP contribution in [0.1, 0.15) is 24.4 Å². The Labute approximate surface area is 133 Å². The second-order valence-corrected chi connectivity index (χ2v) is 7.04. The van der Waals surface area contributed by atoms with Crippen LogP contribution in [0, 0.1) is 0 Å². The third-order valence-electron chi connectivity index (χ3n) is 2.95. The third kappa shape index (κ3) is 4.58. The van der Waals surface area contributed by atoms with Crippen LogP contribution in [0.4, 0.5) is 5.69 Å². The number of pyridine rings is 1. The van der Waals surface area contributed by atoms with Crippen LogP contribution < -0.4 is 10.2 Å². The van der Waals surface area contributed by atoms with Gasteiger partial charge in [-0.3, -0.25) is 4.98 Å². The van der Waals surface area contributed by atoms with Gasteiger partial charge in [0.1, 0.15) is 0 Å². The van der Waals surface area contributed by atoms with Gasteiger partial charge in [-0.05, 0) is 34.1 Å². The molecule has 0 spiro atoms. The number of nitrogens with one attached hydrogen (secondary N) is 1. The summed E-state index contributed by atoms with van der Waals surface area (Å²) >= 11 is 5.27. The first-order valence-corrected chi connectivity index (χ1v) is 8.34. The highest BCUT2D eigenvalue weighted by Crippen LogP contribution is 2.23. The van der Waals surface area contributed by atoms with Crippen LogP contribution >= 0.6 is 27.3 Å². The molecule has 2 aromatic heterocycles. The van der Waals surface area contributed by atoms with E-state index < -0.39 is 0 Å². The number of nitrogens with zero attached hydrogens (tertiary/aromatic N) is 2. The fourth-order valence-corrected chi connectivity index (χ4v) is 3.37. The predicted octanol–water partition coefficient (Wildman–Crippen LogP) is 4.04. The van der Waals surface area contributed by atoms with E-state index in [1.165, 1.54) is 10.6 Å². The topological polar surface area (TPSA) is 28.2 Å². The molecule has 0 fully saturated rings.